The molecule has 0 N–H and O–H groups in total. The van der Waals surface area contributed by atoms with Crippen LogP contribution in [0.2, 0.25) is 0 Å². The van der Waals surface area contributed by atoms with E-state index in [9.17, 15) is 9.59 Å². The van der Waals surface area contributed by atoms with Gasteiger partial charge in [0.2, 0.25) is 0 Å². The first-order valence-electron chi connectivity index (χ1n) is 21.5. The molecule has 0 saturated carbocycles. The summed E-state index contributed by atoms with van der Waals surface area (Å²) in [5, 5.41) is 0. The Hall–Kier alpha value is -3.54. The SMILES string of the molecule is C=Cc1cc(OCCOC(=O)CCCCCCC/C=C\C/C=C\CCCCC)cc(OCCOC(=O)CCCCCCC/C=C\C/C=C\CCCCC)c1. The minimum atomic E-state index is -0.182. The number of benzene rings is 1. The molecule has 6 heteroatoms. The number of unbranched alkanes of at least 4 members (excludes halogenated alkanes) is 16. The van der Waals surface area contributed by atoms with Gasteiger partial charge in [-0.2, -0.15) is 0 Å². The van der Waals surface area contributed by atoms with Crippen LogP contribution in [0, 0.1) is 0 Å². The van der Waals surface area contributed by atoms with Crippen LogP contribution in [0.15, 0.2) is 73.4 Å². The van der Waals surface area contributed by atoms with E-state index in [1.165, 1.54) is 77.0 Å². The smallest absolute Gasteiger partial charge is 0.305 e. The molecule has 6 nitrogen and oxygen atoms in total. The second-order valence-electron chi connectivity index (χ2n) is 14.0. The first kappa shape index (κ1) is 48.5. The van der Waals surface area contributed by atoms with Crippen molar-refractivity contribution < 1.29 is 28.5 Å². The van der Waals surface area contributed by atoms with E-state index in [4.69, 9.17) is 18.9 Å². The molecule has 1 aromatic carbocycles. The molecule has 1 aromatic rings. The van der Waals surface area contributed by atoms with E-state index in [2.05, 4.69) is 69.0 Å². The minimum Gasteiger partial charge on any atom is -0.490 e. The minimum absolute atomic E-state index is 0.182. The molecule has 0 aliphatic heterocycles. The van der Waals surface area contributed by atoms with Crippen molar-refractivity contribution in [1.29, 1.82) is 0 Å². The van der Waals surface area contributed by atoms with Crippen LogP contribution < -0.4 is 9.47 Å². The molecule has 0 saturated heterocycles. The molecule has 1 rings (SSSR count). The van der Waals surface area contributed by atoms with Gasteiger partial charge in [-0.1, -0.05) is 139 Å². The topological polar surface area (TPSA) is 71.1 Å². The highest BCUT2D eigenvalue weighted by atomic mass is 16.6. The number of rotatable bonds is 37. The zero-order chi connectivity index (χ0) is 39.0. The lowest BCUT2D eigenvalue weighted by Gasteiger charge is -2.12. The summed E-state index contributed by atoms with van der Waals surface area (Å²) in [6.45, 7) is 9.21. The van der Waals surface area contributed by atoms with Crippen molar-refractivity contribution in [3.63, 3.8) is 0 Å². The molecule has 0 spiro atoms. The maximum atomic E-state index is 12.2. The maximum Gasteiger partial charge on any atom is 0.305 e. The van der Waals surface area contributed by atoms with Gasteiger partial charge < -0.3 is 18.9 Å². The van der Waals surface area contributed by atoms with Crippen molar-refractivity contribution in [3.8, 4) is 11.5 Å². The van der Waals surface area contributed by atoms with Crippen molar-refractivity contribution in [2.45, 2.75) is 168 Å². The Morgan fingerprint density at radius 2 is 0.852 bits per heavy atom. The van der Waals surface area contributed by atoms with Crippen LogP contribution in [-0.4, -0.2) is 38.4 Å². The van der Waals surface area contributed by atoms with Crippen molar-refractivity contribution in [1.82, 2.24) is 0 Å². The molecule has 54 heavy (non-hydrogen) atoms. The fraction of sp³-hybridized carbons (Fsp3) is 0.625. The lowest BCUT2D eigenvalue weighted by atomic mass is 10.1. The summed E-state index contributed by atoms with van der Waals surface area (Å²) in [6.07, 6.45) is 46.2. The van der Waals surface area contributed by atoms with Crippen LogP contribution in [0.1, 0.15) is 174 Å². The molecule has 0 aromatic heterocycles. The Kier molecular flexibility index (Phi) is 33.9. The molecule has 0 radical (unpaired) electrons. The van der Waals surface area contributed by atoms with E-state index in [0.29, 0.717) is 24.3 Å². The monoisotopic (exact) mass is 749 g/mol. The molecule has 0 fully saturated rings. The lowest BCUT2D eigenvalue weighted by molar-refractivity contribution is -0.145. The third-order valence-corrected chi connectivity index (χ3v) is 9.03. The predicted molar refractivity (Wildman–Crippen MR) is 228 cm³/mol. The number of hydrogen-bond donors (Lipinski definition) is 0. The molecular weight excluding hydrogens is 673 g/mol. The van der Waals surface area contributed by atoms with Gasteiger partial charge in [0.1, 0.15) is 37.9 Å². The van der Waals surface area contributed by atoms with E-state index in [0.717, 1.165) is 69.8 Å². The van der Waals surface area contributed by atoms with Crippen LogP contribution in [-0.2, 0) is 19.1 Å². The normalized spacial score (nSPS) is 11.7. The number of esters is 2. The Morgan fingerprint density at radius 1 is 0.481 bits per heavy atom. The van der Waals surface area contributed by atoms with Crippen LogP contribution in [0.4, 0.5) is 0 Å². The molecule has 0 bridgehead atoms. The second-order valence-corrected chi connectivity index (χ2v) is 14.0. The molecule has 0 aliphatic carbocycles. The van der Waals surface area contributed by atoms with Gasteiger partial charge in [-0.3, -0.25) is 9.59 Å². The van der Waals surface area contributed by atoms with Gasteiger partial charge >= 0.3 is 11.9 Å². The summed E-state index contributed by atoms with van der Waals surface area (Å²) in [7, 11) is 0. The Bertz CT molecular complexity index is 1100. The number of allylic oxidation sites excluding steroid dienone is 8. The van der Waals surface area contributed by atoms with Crippen LogP contribution in [0.5, 0.6) is 11.5 Å². The van der Waals surface area contributed by atoms with Crippen LogP contribution in [0.3, 0.4) is 0 Å². The summed E-state index contributed by atoms with van der Waals surface area (Å²) < 4.78 is 22.4. The first-order chi connectivity index (χ1) is 26.6. The fourth-order valence-electron chi connectivity index (χ4n) is 5.81. The van der Waals surface area contributed by atoms with Crippen LogP contribution >= 0.6 is 0 Å². The van der Waals surface area contributed by atoms with E-state index in [1.807, 2.05) is 12.1 Å². The van der Waals surface area contributed by atoms with Crippen molar-refractivity contribution in [3.05, 3.63) is 78.9 Å². The summed E-state index contributed by atoms with van der Waals surface area (Å²) in [4.78, 5) is 24.3. The number of ether oxygens (including phenoxy) is 4. The molecule has 0 atom stereocenters. The molecule has 0 amide bonds. The van der Waals surface area contributed by atoms with E-state index >= 15 is 0 Å². The number of hydrogen-bond acceptors (Lipinski definition) is 6. The van der Waals surface area contributed by atoms with Gasteiger partial charge in [0, 0.05) is 18.9 Å². The number of carbonyl (C=O) groups is 2. The summed E-state index contributed by atoms with van der Waals surface area (Å²) in [5.41, 5.74) is 0.846. The zero-order valence-electron chi connectivity index (χ0n) is 34.4. The third kappa shape index (κ3) is 31.9. The van der Waals surface area contributed by atoms with Gasteiger partial charge in [-0.25, -0.2) is 0 Å². The lowest BCUT2D eigenvalue weighted by Crippen LogP contribution is -2.13. The van der Waals surface area contributed by atoms with Gasteiger partial charge in [0.05, 0.1) is 0 Å². The second kappa shape index (κ2) is 37.8. The fourth-order valence-corrected chi connectivity index (χ4v) is 5.81. The maximum absolute atomic E-state index is 12.2. The molecule has 0 heterocycles. The predicted octanol–water partition coefficient (Wildman–Crippen LogP) is 13.8. The summed E-state index contributed by atoms with van der Waals surface area (Å²) >= 11 is 0. The van der Waals surface area contributed by atoms with E-state index in [1.54, 1.807) is 12.1 Å². The largest absolute Gasteiger partial charge is 0.490 e. The molecule has 304 valence electrons. The van der Waals surface area contributed by atoms with Gasteiger partial charge in [0.25, 0.3) is 0 Å². The third-order valence-electron chi connectivity index (χ3n) is 9.03. The number of carbonyl (C=O) groups excluding carboxylic acids is 2. The quantitative estimate of drug-likeness (QED) is 0.0383. The standard InChI is InChI=1S/C48H76O6/c1-4-7-9-11-13-15-17-19-21-23-25-27-29-31-33-35-47(49)53-39-37-51-45-41-44(6-3)42-46(43-45)52-38-40-54-48(50)36-34-32-30-28-26-24-22-20-18-16-14-12-10-8-5-2/h6,13-16,19-22,41-43H,3-5,7-12,17-18,23-40H2,1-2H3/b15-13-,16-14-,21-19-,22-20-. The van der Waals surface area contributed by atoms with Crippen molar-refractivity contribution in [2.75, 3.05) is 26.4 Å². The highest BCUT2D eigenvalue weighted by Gasteiger charge is 2.07. The Balaban J connectivity index is 2.07. The van der Waals surface area contributed by atoms with Gasteiger partial charge in [-0.15, -0.1) is 0 Å². The average Bonchev–Trinajstić information content (AvgIpc) is 3.18. The average molecular weight is 749 g/mol. The van der Waals surface area contributed by atoms with Crippen molar-refractivity contribution in [2.24, 2.45) is 0 Å². The van der Waals surface area contributed by atoms with Crippen LogP contribution in [0.25, 0.3) is 6.08 Å². The van der Waals surface area contributed by atoms with Crippen molar-refractivity contribution >= 4 is 18.0 Å². The summed E-state index contributed by atoms with van der Waals surface area (Å²) in [5.74, 6) is 0.840. The highest BCUT2D eigenvalue weighted by Crippen LogP contribution is 2.24. The molecular formula is C48H76O6. The van der Waals surface area contributed by atoms with E-state index < -0.39 is 0 Å². The van der Waals surface area contributed by atoms with E-state index in [-0.39, 0.29) is 38.4 Å². The zero-order valence-corrected chi connectivity index (χ0v) is 34.4. The Morgan fingerprint density at radius 3 is 1.24 bits per heavy atom. The van der Waals surface area contributed by atoms with Gasteiger partial charge in [-0.05, 0) is 94.7 Å². The highest BCUT2D eigenvalue weighted by molar-refractivity contribution is 5.69. The first-order valence-corrected chi connectivity index (χ1v) is 21.5. The molecule has 0 unspecified atom stereocenters. The molecule has 0 aliphatic rings. The Labute approximate surface area is 330 Å². The summed E-state index contributed by atoms with van der Waals surface area (Å²) in [6, 6.07) is 5.49. The van der Waals surface area contributed by atoms with Gasteiger partial charge in [0.15, 0.2) is 0 Å².